The summed E-state index contributed by atoms with van der Waals surface area (Å²) in [6.45, 7) is 6.66. The number of benzene rings is 6. The third-order valence-electron chi connectivity index (χ3n) is 10.3. The quantitative estimate of drug-likeness (QED) is 0.139. The Morgan fingerprint density at radius 1 is 0.635 bits per heavy atom. The van der Waals surface area contributed by atoms with Gasteiger partial charge in [0, 0.05) is 39.3 Å². The Hall–Kier alpha value is -6.12. The molecule has 52 heavy (non-hydrogen) atoms. The fourth-order valence-electron chi connectivity index (χ4n) is 7.68. The molecule has 6 aromatic carbocycles. The molecular weight excluding hydrogens is 629 g/mol. The molecule has 0 spiro atoms. The van der Waals surface area contributed by atoms with Crippen LogP contribution in [0.4, 0.5) is 11.4 Å². The molecule has 0 saturated heterocycles. The fourth-order valence-corrected chi connectivity index (χ4v) is 7.68. The minimum absolute atomic E-state index is 0.270. The van der Waals surface area contributed by atoms with Crippen molar-refractivity contribution >= 4 is 34.4 Å². The van der Waals surface area contributed by atoms with E-state index in [1.165, 1.54) is 55.0 Å². The highest BCUT2D eigenvalue weighted by Crippen LogP contribution is 2.35. The third kappa shape index (κ3) is 6.33. The van der Waals surface area contributed by atoms with Gasteiger partial charge >= 0.3 is 0 Å². The molecule has 2 nitrogen and oxygen atoms in total. The second kappa shape index (κ2) is 14.6. The molecule has 7 aromatic rings. The lowest BCUT2D eigenvalue weighted by atomic mass is 9.83. The first-order valence-electron chi connectivity index (χ1n) is 18.5. The fraction of sp³-hybridized carbons (Fsp3) is 0.120. The van der Waals surface area contributed by atoms with Gasteiger partial charge in [0.1, 0.15) is 0 Å². The van der Waals surface area contributed by atoms with Crippen molar-refractivity contribution in [3.8, 4) is 27.9 Å². The molecule has 0 fully saturated rings. The Morgan fingerprint density at radius 2 is 1.21 bits per heavy atom. The minimum atomic E-state index is 0.270. The largest absolute Gasteiger partial charge is 0.311 e. The second-order valence-corrected chi connectivity index (χ2v) is 13.7. The van der Waals surface area contributed by atoms with Crippen LogP contribution in [-0.4, -0.2) is 4.57 Å². The van der Waals surface area contributed by atoms with Crippen LogP contribution in [0.5, 0.6) is 0 Å². The van der Waals surface area contributed by atoms with Gasteiger partial charge in [0.15, 0.2) is 0 Å². The molecule has 8 rings (SSSR count). The molecule has 1 aliphatic carbocycles. The zero-order valence-corrected chi connectivity index (χ0v) is 30.2. The maximum atomic E-state index is 2.52. The summed E-state index contributed by atoms with van der Waals surface area (Å²) in [5.74, 6) is 0.593. The van der Waals surface area contributed by atoms with Gasteiger partial charge in [-0.3, -0.25) is 0 Å². The highest BCUT2D eigenvalue weighted by Gasteiger charge is 2.23. The number of anilines is 2. The molecule has 1 aromatic heterocycles. The predicted molar refractivity (Wildman–Crippen MR) is 222 cm³/mol. The van der Waals surface area contributed by atoms with Gasteiger partial charge in [-0.25, -0.2) is 0 Å². The molecule has 2 unspecified atom stereocenters. The average molecular weight is 673 g/mol. The van der Waals surface area contributed by atoms with Crippen molar-refractivity contribution in [3.63, 3.8) is 0 Å². The lowest BCUT2D eigenvalue weighted by Crippen LogP contribution is -2.34. The summed E-state index contributed by atoms with van der Waals surface area (Å²) in [5, 5.41) is 3.84. The number of aromatic nitrogens is 1. The Balaban J connectivity index is 1.21. The predicted octanol–water partition coefficient (Wildman–Crippen LogP) is 12.0. The molecule has 2 atom stereocenters. The number of fused-ring (bicyclic) bond motifs is 3. The molecular formula is C50H44N2. The Bertz CT molecular complexity index is 2490. The van der Waals surface area contributed by atoms with E-state index in [1.807, 2.05) is 0 Å². The van der Waals surface area contributed by atoms with Crippen molar-refractivity contribution in [1.29, 1.82) is 0 Å². The molecule has 0 saturated carbocycles. The zero-order valence-electron chi connectivity index (χ0n) is 30.2. The first-order chi connectivity index (χ1) is 25.6. The van der Waals surface area contributed by atoms with Crippen molar-refractivity contribution in [2.24, 2.45) is 5.92 Å². The molecule has 0 N–H and O–H groups in total. The molecule has 1 heterocycles. The van der Waals surface area contributed by atoms with E-state index in [1.54, 1.807) is 0 Å². The summed E-state index contributed by atoms with van der Waals surface area (Å²) < 4.78 is 2.46. The van der Waals surface area contributed by atoms with E-state index in [-0.39, 0.29) is 5.92 Å². The van der Waals surface area contributed by atoms with Gasteiger partial charge < -0.3 is 9.47 Å². The molecule has 1 aliphatic rings. The van der Waals surface area contributed by atoms with Crippen LogP contribution in [0.3, 0.4) is 0 Å². The van der Waals surface area contributed by atoms with Gasteiger partial charge in [-0.15, -0.1) is 0 Å². The van der Waals surface area contributed by atoms with Gasteiger partial charge in [-0.1, -0.05) is 159 Å². The lowest BCUT2D eigenvalue weighted by Gasteiger charge is -2.26. The molecule has 0 bridgehead atoms. The van der Waals surface area contributed by atoms with E-state index < -0.39 is 0 Å². The summed E-state index contributed by atoms with van der Waals surface area (Å²) in [5.41, 5.74) is 12.1. The van der Waals surface area contributed by atoms with Crippen LogP contribution < -0.4 is 15.5 Å². The van der Waals surface area contributed by atoms with E-state index in [0.717, 1.165) is 23.5 Å². The highest BCUT2D eigenvalue weighted by molar-refractivity contribution is 5.89. The van der Waals surface area contributed by atoms with Crippen LogP contribution in [-0.2, 0) is 0 Å². The maximum absolute atomic E-state index is 2.52. The number of hydrogen-bond acceptors (Lipinski definition) is 1. The second-order valence-electron chi connectivity index (χ2n) is 13.7. The van der Waals surface area contributed by atoms with Gasteiger partial charge in [0.25, 0.3) is 0 Å². The standard InChI is InChI=1S/C50H44N2/c1-4-6-18-42(5-2)51(43-19-12-8-13-20-43)45-31-32-46-48-35-47(36(3)33-49(48)52(50(46)34-45)44-21-14-9-15-22-44)41-29-27-40(28-30-41)39-25-23-38(24-26-39)37-16-10-7-11-17-37/h5-36,47H,4H2,1-3H3/b18-6-,42-5+. The zero-order chi connectivity index (χ0) is 35.4. The average Bonchev–Trinajstić information content (AvgIpc) is 3.52. The molecule has 0 radical (unpaired) electrons. The van der Waals surface area contributed by atoms with Crippen LogP contribution in [0.1, 0.15) is 38.7 Å². The van der Waals surface area contributed by atoms with Crippen LogP contribution >= 0.6 is 0 Å². The smallest absolute Gasteiger partial charge is 0.0561 e. The monoisotopic (exact) mass is 672 g/mol. The van der Waals surface area contributed by atoms with E-state index in [9.17, 15) is 0 Å². The summed E-state index contributed by atoms with van der Waals surface area (Å²) >= 11 is 0. The van der Waals surface area contributed by atoms with Crippen LogP contribution in [0.25, 0.3) is 51.0 Å². The molecule has 0 aliphatic heterocycles. The van der Waals surface area contributed by atoms with Crippen molar-refractivity contribution in [2.75, 3.05) is 4.90 Å². The van der Waals surface area contributed by atoms with Crippen molar-refractivity contribution < 1.29 is 0 Å². The summed E-state index contributed by atoms with van der Waals surface area (Å²) in [6.07, 6.45) is 12.6. The summed E-state index contributed by atoms with van der Waals surface area (Å²) in [4.78, 5) is 2.36. The van der Waals surface area contributed by atoms with E-state index in [0.29, 0.717) is 5.92 Å². The normalized spacial score (nSPS) is 15.6. The third-order valence-corrected chi connectivity index (χ3v) is 10.3. The number of allylic oxidation sites excluding steroid dienone is 3. The maximum Gasteiger partial charge on any atom is 0.0561 e. The van der Waals surface area contributed by atoms with Crippen molar-refractivity contribution in [3.05, 3.63) is 198 Å². The minimum Gasteiger partial charge on any atom is -0.311 e. The first-order valence-corrected chi connectivity index (χ1v) is 18.5. The van der Waals surface area contributed by atoms with Gasteiger partial charge in [-0.2, -0.15) is 0 Å². The molecule has 254 valence electrons. The number of nitrogens with zero attached hydrogens (tertiary/aromatic N) is 2. The van der Waals surface area contributed by atoms with Gasteiger partial charge in [0.2, 0.25) is 0 Å². The summed E-state index contributed by atoms with van der Waals surface area (Å²) in [7, 11) is 0. The Labute approximate surface area is 307 Å². The van der Waals surface area contributed by atoms with E-state index >= 15 is 0 Å². The van der Waals surface area contributed by atoms with Gasteiger partial charge in [-0.05, 0) is 89.6 Å². The number of rotatable bonds is 9. The summed E-state index contributed by atoms with van der Waals surface area (Å²) in [6, 6.07) is 57.2. The van der Waals surface area contributed by atoms with Gasteiger partial charge in [0.05, 0.1) is 10.9 Å². The number of hydrogen-bond donors (Lipinski definition) is 0. The number of para-hydroxylation sites is 2. The van der Waals surface area contributed by atoms with Crippen LogP contribution in [0.2, 0.25) is 0 Å². The Morgan fingerprint density at radius 3 is 1.83 bits per heavy atom. The van der Waals surface area contributed by atoms with Crippen LogP contribution in [0, 0.1) is 5.92 Å². The lowest BCUT2D eigenvalue weighted by molar-refractivity contribution is 0.690. The SMILES string of the molecule is C/C=C(\C=C/CC)N(c1ccccc1)c1ccc2c3c(n(-c4ccccc4)c2c1)=CC(C)C(c1ccc(-c2ccc(-c4ccccc4)cc2)cc1)C=3. The van der Waals surface area contributed by atoms with Crippen molar-refractivity contribution in [2.45, 2.75) is 33.1 Å². The Kier molecular flexibility index (Phi) is 9.29. The molecule has 0 amide bonds. The van der Waals surface area contributed by atoms with E-state index in [4.69, 9.17) is 0 Å². The van der Waals surface area contributed by atoms with Crippen LogP contribution in [0.15, 0.2) is 182 Å². The first kappa shape index (κ1) is 33.0. The molecule has 2 heteroatoms. The topological polar surface area (TPSA) is 8.17 Å². The van der Waals surface area contributed by atoms with Crippen molar-refractivity contribution in [1.82, 2.24) is 4.57 Å². The highest BCUT2D eigenvalue weighted by atomic mass is 15.1. The van der Waals surface area contributed by atoms with E-state index in [2.05, 4.69) is 218 Å².